The Morgan fingerprint density at radius 2 is 2.04 bits per heavy atom. The van der Waals surface area contributed by atoms with Crippen LogP contribution >= 0.6 is 11.6 Å². The average Bonchev–Trinajstić information content (AvgIpc) is 2.59. The van der Waals surface area contributed by atoms with Gasteiger partial charge in [0.2, 0.25) is 0 Å². The van der Waals surface area contributed by atoms with Crippen LogP contribution < -0.4 is 0 Å². The second-order valence-electron chi connectivity index (χ2n) is 5.11. The molecule has 0 unspecified atom stereocenters. The molecule has 1 aromatic carbocycles. The van der Waals surface area contributed by atoms with Gasteiger partial charge in [-0.2, -0.15) is 0 Å². The van der Waals surface area contributed by atoms with E-state index in [1.54, 1.807) is 42.3 Å². The Bertz CT molecular complexity index is 692. The summed E-state index contributed by atoms with van der Waals surface area (Å²) >= 11 is 5.97. The third-order valence-electron chi connectivity index (χ3n) is 3.33. The van der Waals surface area contributed by atoms with Gasteiger partial charge in [-0.05, 0) is 37.3 Å². The van der Waals surface area contributed by atoms with E-state index in [1.165, 1.54) is 0 Å². The lowest BCUT2D eigenvalue weighted by molar-refractivity contribution is -0.143. The van der Waals surface area contributed by atoms with Crippen LogP contribution in [0.1, 0.15) is 29.4 Å². The number of pyridine rings is 1. The molecule has 0 saturated heterocycles. The molecule has 0 fully saturated rings. The fourth-order valence-corrected chi connectivity index (χ4v) is 2.39. The summed E-state index contributed by atoms with van der Waals surface area (Å²) in [4.78, 5) is 30.2. The number of benzene rings is 1. The molecule has 2 aromatic rings. The van der Waals surface area contributed by atoms with Crippen LogP contribution in [0.2, 0.25) is 5.02 Å². The van der Waals surface area contributed by atoms with Gasteiger partial charge in [0.05, 0.1) is 25.3 Å². The van der Waals surface area contributed by atoms with Crippen LogP contribution in [0.3, 0.4) is 0 Å². The number of carbonyl (C=O) groups excluding carboxylic acids is 2. The second-order valence-corrected chi connectivity index (χ2v) is 5.55. The summed E-state index contributed by atoms with van der Waals surface area (Å²) in [5.74, 6) is -0.533. The summed E-state index contributed by atoms with van der Waals surface area (Å²) in [6.07, 6.45) is 1.80. The fraction of sp³-hybridized carbons (Fsp3) is 0.278. The molecular formula is C18H19ClN2O3. The van der Waals surface area contributed by atoms with Gasteiger partial charge in [0.25, 0.3) is 5.91 Å². The molecule has 0 aliphatic heterocycles. The van der Waals surface area contributed by atoms with Crippen molar-refractivity contribution in [3.05, 3.63) is 64.9 Å². The molecule has 0 aliphatic carbocycles. The zero-order valence-corrected chi connectivity index (χ0v) is 14.2. The highest BCUT2D eigenvalue weighted by molar-refractivity contribution is 6.30. The molecule has 5 nitrogen and oxygen atoms in total. The standard InChI is InChI=1S/C18H19ClN2O3/c1-2-24-17(22)9-11-21(13-16-8-3-4-10-20-16)18(23)14-6-5-7-15(19)12-14/h3-8,10,12H,2,9,11,13H2,1H3. The van der Waals surface area contributed by atoms with Gasteiger partial charge in [-0.25, -0.2) is 0 Å². The maximum atomic E-state index is 12.8. The summed E-state index contributed by atoms with van der Waals surface area (Å²) in [7, 11) is 0. The highest BCUT2D eigenvalue weighted by Crippen LogP contribution is 2.14. The Kier molecular flexibility index (Phi) is 6.75. The number of halogens is 1. The van der Waals surface area contributed by atoms with Gasteiger partial charge in [-0.1, -0.05) is 23.7 Å². The van der Waals surface area contributed by atoms with Gasteiger partial charge in [0.1, 0.15) is 0 Å². The topological polar surface area (TPSA) is 59.5 Å². The van der Waals surface area contributed by atoms with E-state index in [2.05, 4.69) is 4.98 Å². The minimum absolute atomic E-state index is 0.132. The van der Waals surface area contributed by atoms with Gasteiger partial charge >= 0.3 is 5.97 Å². The van der Waals surface area contributed by atoms with E-state index in [0.29, 0.717) is 23.7 Å². The normalized spacial score (nSPS) is 10.2. The molecule has 0 bridgehead atoms. The molecule has 1 heterocycles. The molecular weight excluding hydrogens is 328 g/mol. The number of ether oxygens (including phenoxy) is 1. The van der Waals surface area contributed by atoms with Crippen LogP contribution in [-0.2, 0) is 16.1 Å². The molecule has 1 aromatic heterocycles. The van der Waals surface area contributed by atoms with Crippen LogP contribution in [0.5, 0.6) is 0 Å². The Morgan fingerprint density at radius 1 is 1.21 bits per heavy atom. The SMILES string of the molecule is CCOC(=O)CCN(Cc1ccccn1)C(=O)c1cccc(Cl)c1. The van der Waals surface area contributed by atoms with Crippen molar-refractivity contribution in [2.75, 3.05) is 13.2 Å². The van der Waals surface area contributed by atoms with E-state index in [4.69, 9.17) is 16.3 Å². The number of esters is 1. The Balaban J connectivity index is 2.14. The predicted octanol–water partition coefficient (Wildman–Crippen LogP) is 3.33. The molecule has 0 spiro atoms. The van der Waals surface area contributed by atoms with E-state index in [-0.39, 0.29) is 24.8 Å². The molecule has 0 radical (unpaired) electrons. The summed E-state index contributed by atoms with van der Waals surface area (Å²) in [6.45, 7) is 2.63. The number of rotatable bonds is 7. The van der Waals surface area contributed by atoms with Crippen LogP contribution in [0.15, 0.2) is 48.7 Å². The van der Waals surface area contributed by atoms with Crippen molar-refractivity contribution in [3.63, 3.8) is 0 Å². The van der Waals surface area contributed by atoms with Crippen LogP contribution in [0.25, 0.3) is 0 Å². The summed E-state index contributed by atoms with van der Waals surface area (Å²) in [5, 5.41) is 0.490. The molecule has 0 aliphatic rings. The summed E-state index contributed by atoms with van der Waals surface area (Å²) < 4.78 is 4.93. The molecule has 0 N–H and O–H groups in total. The molecule has 2 rings (SSSR count). The van der Waals surface area contributed by atoms with E-state index in [1.807, 2.05) is 18.2 Å². The Morgan fingerprint density at radius 3 is 2.71 bits per heavy atom. The first-order valence-corrected chi connectivity index (χ1v) is 8.08. The minimum atomic E-state index is -0.331. The number of aromatic nitrogens is 1. The molecule has 0 saturated carbocycles. The second kappa shape index (κ2) is 9.03. The zero-order valence-electron chi connectivity index (χ0n) is 13.4. The van der Waals surface area contributed by atoms with Gasteiger partial charge < -0.3 is 9.64 Å². The van der Waals surface area contributed by atoms with Crippen molar-refractivity contribution in [1.82, 2.24) is 9.88 Å². The lowest BCUT2D eigenvalue weighted by Gasteiger charge is -2.22. The Hall–Kier alpha value is -2.40. The van der Waals surface area contributed by atoms with Crippen molar-refractivity contribution in [1.29, 1.82) is 0 Å². The average molecular weight is 347 g/mol. The monoisotopic (exact) mass is 346 g/mol. The van der Waals surface area contributed by atoms with Gasteiger partial charge in [0.15, 0.2) is 0 Å². The van der Waals surface area contributed by atoms with Crippen LogP contribution in [0, 0.1) is 0 Å². The molecule has 0 atom stereocenters. The summed E-state index contributed by atoms with van der Waals surface area (Å²) in [5.41, 5.74) is 1.22. The number of carbonyl (C=O) groups is 2. The smallest absolute Gasteiger partial charge is 0.307 e. The number of hydrogen-bond donors (Lipinski definition) is 0. The first-order valence-electron chi connectivity index (χ1n) is 7.70. The number of amides is 1. The van der Waals surface area contributed by atoms with Crippen LogP contribution in [0.4, 0.5) is 0 Å². The van der Waals surface area contributed by atoms with Gasteiger partial charge in [-0.15, -0.1) is 0 Å². The lowest BCUT2D eigenvalue weighted by Crippen LogP contribution is -2.33. The van der Waals surface area contributed by atoms with Crippen LogP contribution in [-0.4, -0.2) is 34.9 Å². The quantitative estimate of drug-likeness (QED) is 0.721. The maximum absolute atomic E-state index is 12.8. The third-order valence-corrected chi connectivity index (χ3v) is 3.56. The first kappa shape index (κ1) is 17.9. The lowest BCUT2D eigenvalue weighted by atomic mass is 10.2. The number of hydrogen-bond acceptors (Lipinski definition) is 4. The maximum Gasteiger partial charge on any atom is 0.307 e. The molecule has 1 amide bonds. The predicted molar refractivity (Wildman–Crippen MR) is 91.7 cm³/mol. The fourth-order valence-electron chi connectivity index (χ4n) is 2.20. The highest BCUT2D eigenvalue weighted by atomic mass is 35.5. The van der Waals surface area contributed by atoms with Crippen molar-refractivity contribution < 1.29 is 14.3 Å². The molecule has 24 heavy (non-hydrogen) atoms. The number of nitrogens with zero attached hydrogens (tertiary/aromatic N) is 2. The van der Waals surface area contributed by atoms with E-state index < -0.39 is 0 Å². The minimum Gasteiger partial charge on any atom is -0.466 e. The van der Waals surface area contributed by atoms with Crippen molar-refractivity contribution in [3.8, 4) is 0 Å². The van der Waals surface area contributed by atoms with Crippen molar-refractivity contribution in [2.45, 2.75) is 19.9 Å². The third kappa shape index (κ3) is 5.35. The summed E-state index contributed by atoms with van der Waals surface area (Å²) in [6, 6.07) is 12.2. The van der Waals surface area contributed by atoms with E-state index >= 15 is 0 Å². The van der Waals surface area contributed by atoms with Gasteiger partial charge in [0, 0.05) is 23.3 Å². The van der Waals surface area contributed by atoms with E-state index in [9.17, 15) is 9.59 Å². The molecule has 6 heteroatoms. The van der Waals surface area contributed by atoms with Crippen molar-refractivity contribution >= 4 is 23.5 Å². The van der Waals surface area contributed by atoms with Gasteiger partial charge in [-0.3, -0.25) is 14.6 Å². The largest absolute Gasteiger partial charge is 0.466 e. The molecule has 126 valence electrons. The highest BCUT2D eigenvalue weighted by Gasteiger charge is 2.18. The zero-order chi connectivity index (χ0) is 17.4. The Labute approximate surface area is 146 Å². The van der Waals surface area contributed by atoms with Crippen molar-refractivity contribution in [2.24, 2.45) is 0 Å². The first-order chi connectivity index (χ1) is 11.6. The van der Waals surface area contributed by atoms with E-state index in [0.717, 1.165) is 5.69 Å².